The number of likely N-dealkylation sites (tertiary alicyclic amines) is 1. The first-order valence-corrected chi connectivity index (χ1v) is 10.9. The minimum atomic E-state index is 0.157. The lowest BCUT2D eigenvalue weighted by Gasteiger charge is -2.32. The summed E-state index contributed by atoms with van der Waals surface area (Å²) < 4.78 is 11.0. The van der Waals surface area contributed by atoms with Crippen LogP contribution in [0.25, 0.3) is 10.8 Å². The Balaban J connectivity index is 1.30. The van der Waals surface area contributed by atoms with Crippen molar-refractivity contribution in [3.05, 3.63) is 54.2 Å². The second-order valence-corrected chi connectivity index (χ2v) is 7.91. The first kappa shape index (κ1) is 21.3. The number of hydrogen-bond acceptors (Lipinski definition) is 7. The van der Waals surface area contributed by atoms with Crippen molar-refractivity contribution in [1.82, 2.24) is 15.1 Å². The normalized spacial score (nSPS) is 15.2. The van der Waals surface area contributed by atoms with E-state index in [9.17, 15) is 0 Å². The van der Waals surface area contributed by atoms with Crippen LogP contribution in [0.5, 0.6) is 11.5 Å². The van der Waals surface area contributed by atoms with Gasteiger partial charge in [-0.05, 0) is 48.7 Å². The van der Waals surface area contributed by atoms with Gasteiger partial charge in [-0.3, -0.25) is 4.90 Å². The number of ether oxygens (including phenoxy) is 2. The Morgan fingerprint density at radius 2 is 1.87 bits per heavy atom. The SMILES string of the molecule is COc1ccc2cnnc(NC3CCN(Cc4ccc(OCCCO)cc4)CC3)c2c1. The third-order valence-corrected chi connectivity index (χ3v) is 5.70. The van der Waals surface area contributed by atoms with Crippen molar-refractivity contribution < 1.29 is 14.6 Å². The minimum absolute atomic E-state index is 0.157. The summed E-state index contributed by atoms with van der Waals surface area (Å²) >= 11 is 0. The average Bonchev–Trinajstić information content (AvgIpc) is 2.81. The Hall–Kier alpha value is -2.90. The Morgan fingerprint density at radius 1 is 1.10 bits per heavy atom. The van der Waals surface area contributed by atoms with E-state index in [1.165, 1.54) is 5.56 Å². The number of benzene rings is 2. The van der Waals surface area contributed by atoms with Crippen LogP contribution in [0.1, 0.15) is 24.8 Å². The fourth-order valence-corrected chi connectivity index (χ4v) is 3.92. The van der Waals surface area contributed by atoms with E-state index in [1.807, 2.05) is 30.3 Å². The molecule has 0 radical (unpaired) electrons. The molecule has 1 aliphatic heterocycles. The van der Waals surface area contributed by atoms with Crippen LogP contribution in [-0.2, 0) is 6.54 Å². The van der Waals surface area contributed by atoms with E-state index in [0.717, 1.165) is 60.6 Å². The first-order valence-electron chi connectivity index (χ1n) is 10.9. The number of hydrogen-bond donors (Lipinski definition) is 2. The highest BCUT2D eigenvalue weighted by molar-refractivity contribution is 5.92. The van der Waals surface area contributed by atoms with Crippen molar-refractivity contribution in [2.45, 2.75) is 31.8 Å². The molecule has 0 amide bonds. The molecule has 1 fully saturated rings. The molecule has 2 N–H and O–H groups in total. The van der Waals surface area contributed by atoms with Gasteiger partial charge in [-0.15, -0.1) is 5.10 Å². The third kappa shape index (κ3) is 5.62. The van der Waals surface area contributed by atoms with Gasteiger partial charge in [-0.1, -0.05) is 12.1 Å². The van der Waals surface area contributed by atoms with Gasteiger partial charge in [0.15, 0.2) is 5.82 Å². The highest BCUT2D eigenvalue weighted by Crippen LogP contribution is 2.27. The molecule has 0 spiro atoms. The molecule has 7 heteroatoms. The molecule has 1 aromatic heterocycles. The van der Waals surface area contributed by atoms with Crippen molar-refractivity contribution in [2.24, 2.45) is 0 Å². The molecular formula is C24H30N4O3. The monoisotopic (exact) mass is 422 g/mol. The molecule has 4 rings (SSSR count). The Bertz CT molecular complexity index is 972. The van der Waals surface area contributed by atoms with E-state index >= 15 is 0 Å². The van der Waals surface area contributed by atoms with E-state index in [2.05, 4.69) is 32.5 Å². The van der Waals surface area contributed by atoms with E-state index < -0.39 is 0 Å². The number of methoxy groups -OCH3 is 1. The number of piperidine rings is 1. The Kier molecular flexibility index (Phi) is 7.17. The molecule has 1 saturated heterocycles. The molecule has 0 aliphatic carbocycles. The van der Waals surface area contributed by atoms with Crippen LogP contribution in [-0.4, -0.2) is 59.7 Å². The van der Waals surface area contributed by atoms with Gasteiger partial charge in [0.1, 0.15) is 11.5 Å². The predicted molar refractivity (Wildman–Crippen MR) is 122 cm³/mol. The zero-order valence-electron chi connectivity index (χ0n) is 18.0. The summed E-state index contributed by atoms with van der Waals surface area (Å²) in [5.74, 6) is 2.50. The van der Waals surface area contributed by atoms with Gasteiger partial charge in [0.2, 0.25) is 0 Å². The number of aliphatic hydroxyl groups excluding tert-OH is 1. The van der Waals surface area contributed by atoms with Crippen molar-refractivity contribution in [2.75, 3.05) is 38.7 Å². The maximum Gasteiger partial charge on any atom is 0.156 e. The summed E-state index contributed by atoms with van der Waals surface area (Å²) in [5, 5.41) is 23.0. The summed E-state index contributed by atoms with van der Waals surface area (Å²) in [7, 11) is 1.68. The summed E-state index contributed by atoms with van der Waals surface area (Å²) in [5.41, 5.74) is 1.29. The summed E-state index contributed by atoms with van der Waals surface area (Å²) in [6.07, 6.45) is 4.56. The molecule has 2 aromatic carbocycles. The summed E-state index contributed by atoms with van der Waals surface area (Å²) in [6, 6.07) is 14.6. The molecule has 164 valence electrons. The lowest BCUT2D eigenvalue weighted by Crippen LogP contribution is -2.38. The Labute approximate surface area is 183 Å². The molecule has 0 unspecified atom stereocenters. The molecule has 1 aliphatic rings. The van der Waals surface area contributed by atoms with E-state index in [0.29, 0.717) is 19.1 Å². The predicted octanol–water partition coefficient (Wildman–Crippen LogP) is 3.48. The fourth-order valence-electron chi connectivity index (χ4n) is 3.92. The molecule has 31 heavy (non-hydrogen) atoms. The van der Waals surface area contributed by atoms with E-state index in [-0.39, 0.29) is 6.61 Å². The second-order valence-electron chi connectivity index (χ2n) is 7.91. The van der Waals surface area contributed by atoms with Gasteiger partial charge in [0, 0.05) is 49.5 Å². The number of rotatable bonds is 9. The smallest absolute Gasteiger partial charge is 0.156 e. The van der Waals surface area contributed by atoms with Crippen molar-refractivity contribution in [1.29, 1.82) is 0 Å². The zero-order valence-corrected chi connectivity index (χ0v) is 18.0. The standard InChI is InChI=1S/C24H30N4O3/c1-30-22-8-5-19-16-25-27-24(23(19)15-22)26-20-9-11-28(12-10-20)17-18-3-6-21(7-4-18)31-14-2-13-29/h3-8,15-16,20,29H,2,9-14,17H2,1H3,(H,26,27). The number of aliphatic hydroxyl groups is 1. The van der Waals surface area contributed by atoms with Crippen molar-refractivity contribution in [3.63, 3.8) is 0 Å². The van der Waals surface area contributed by atoms with Gasteiger partial charge in [-0.25, -0.2) is 0 Å². The number of aromatic nitrogens is 2. The molecule has 7 nitrogen and oxygen atoms in total. The van der Waals surface area contributed by atoms with Gasteiger partial charge in [0.25, 0.3) is 0 Å². The number of fused-ring (bicyclic) bond motifs is 1. The summed E-state index contributed by atoms with van der Waals surface area (Å²) in [6.45, 7) is 3.71. The highest BCUT2D eigenvalue weighted by atomic mass is 16.5. The molecule has 3 aromatic rings. The van der Waals surface area contributed by atoms with Crippen molar-refractivity contribution >= 4 is 16.6 Å². The minimum Gasteiger partial charge on any atom is -0.497 e. The number of anilines is 1. The third-order valence-electron chi connectivity index (χ3n) is 5.70. The van der Waals surface area contributed by atoms with Crippen LogP contribution in [0.15, 0.2) is 48.7 Å². The number of nitrogens with zero attached hydrogens (tertiary/aromatic N) is 3. The van der Waals surface area contributed by atoms with Gasteiger partial charge in [-0.2, -0.15) is 5.10 Å². The Morgan fingerprint density at radius 3 is 2.61 bits per heavy atom. The second kappa shape index (κ2) is 10.4. The van der Waals surface area contributed by atoms with Crippen LogP contribution in [0.3, 0.4) is 0 Å². The topological polar surface area (TPSA) is 79.7 Å². The van der Waals surface area contributed by atoms with Gasteiger partial charge < -0.3 is 19.9 Å². The van der Waals surface area contributed by atoms with Crippen LogP contribution in [0.2, 0.25) is 0 Å². The highest BCUT2D eigenvalue weighted by Gasteiger charge is 2.20. The number of nitrogens with one attached hydrogen (secondary N) is 1. The molecule has 0 saturated carbocycles. The van der Waals surface area contributed by atoms with Crippen molar-refractivity contribution in [3.8, 4) is 11.5 Å². The molecule has 0 bridgehead atoms. The summed E-state index contributed by atoms with van der Waals surface area (Å²) in [4.78, 5) is 2.48. The van der Waals surface area contributed by atoms with Crippen LogP contribution in [0.4, 0.5) is 5.82 Å². The van der Waals surface area contributed by atoms with E-state index in [1.54, 1.807) is 13.3 Å². The molecule has 2 heterocycles. The van der Waals surface area contributed by atoms with Gasteiger partial charge >= 0.3 is 0 Å². The lowest BCUT2D eigenvalue weighted by molar-refractivity contribution is 0.211. The molecule has 0 atom stereocenters. The zero-order chi connectivity index (χ0) is 21.5. The van der Waals surface area contributed by atoms with E-state index in [4.69, 9.17) is 14.6 Å². The quantitative estimate of drug-likeness (QED) is 0.511. The maximum absolute atomic E-state index is 8.84. The fraction of sp³-hybridized carbons (Fsp3) is 0.417. The average molecular weight is 423 g/mol. The first-order chi connectivity index (χ1) is 15.2. The molecular weight excluding hydrogens is 392 g/mol. The van der Waals surface area contributed by atoms with Crippen LogP contribution in [0, 0.1) is 0 Å². The maximum atomic E-state index is 8.84. The van der Waals surface area contributed by atoms with Crippen LogP contribution < -0.4 is 14.8 Å². The van der Waals surface area contributed by atoms with Gasteiger partial charge in [0.05, 0.1) is 19.9 Å². The lowest BCUT2D eigenvalue weighted by atomic mass is 10.0. The van der Waals surface area contributed by atoms with Crippen LogP contribution >= 0.6 is 0 Å². The largest absolute Gasteiger partial charge is 0.497 e.